The minimum absolute atomic E-state index is 0. The van der Waals surface area contributed by atoms with Crippen molar-refractivity contribution in [2.75, 3.05) is 13.1 Å². The summed E-state index contributed by atoms with van der Waals surface area (Å²) in [6.07, 6.45) is 8.72. The van der Waals surface area contributed by atoms with Gasteiger partial charge in [-0.25, -0.2) is 0 Å². The van der Waals surface area contributed by atoms with Crippen LogP contribution in [0.1, 0.15) is 58.3 Å². The van der Waals surface area contributed by atoms with E-state index in [0.29, 0.717) is 6.10 Å². The second-order valence-corrected chi connectivity index (χ2v) is 5.96. The van der Waals surface area contributed by atoms with Crippen LogP contribution in [0.4, 0.5) is 0 Å². The minimum Gasteiger partial charge on any atom is -0.365 e. The number of likely N-dealkylation sites (tertiary alicyclic amines) is 1. The molecule has 1 unspecified atom stereocenters. The van der Waals surface area contributed by atoms with Crippen molar-refractivity contribution in [3.63, 3.8) is 0 Å². The molecular weight excluding hydrogens is 276 g/mol. The lowest BCUT2D eigenvalue weighted by Gasteiger charge is -2.34. The summed E-state index contributed by atoms with van der Waals surface area (Å²) < 4.78 is 6.06. The number of piperidine rings is 1. The Kier molecular flexibility index (Phi) is 7.85. The third kappa shape index (κ3) is 4.90. The molecule has 4 nitrogen and oxygen atoms in total. The lowest BCUT2D eigenvalue weighted by Crippen LogP contribution is -2.48. The maximum absolute atomic E-state index is 12.5. The second-order valence-electron chi connectivity index (χ2n) is 5.96. The second kappa shape index (κ2) is 8.85. The number of nitrogens with two attached hydrogens (primary N) is 1. The van der Waals surface area contributed by atoms with E-state index in [9.17, 15) is 4.79 Å². The van der Waals surface area contributed by atoms with Crippen molar-refractivity contribution in [3.05, 3.63) is 0 Å². The number of rotatable bonds is 4. The molecule has 2 rings (SSSR count). The van der Waals surface area contributed by atoms with E-state index in [1.54, 1.807) is 0 Å². The van der Waals surface area contributed by atoms with Crippen molar-refractivity contribution in [2.24, 2.45) is 5.73 Å². The first-order chi connectivity index (χ1) is 9.20. The highest BCUT2D eigenvalue weighted by Gasteiger charge is 2.29. The molecule has 0 aromatic carbocycles. The SMILES string of the molecule is CCC(OC1CCCCC1)C(=O)N1CCC(N)CC1.Cl. The van der Waals surface area contributed by atoms with Gasteiger partial charge in [0.15, 0.2) is 0 Å². The summed E-state index contributed by atoms with van der Waals surface area (Å²) in [4.78, 5) is 14.4. The number of amides is 1. The topological polar surface area (TPSA) is 55.6 Å². The number of halogens is 1. The third-order valence-electron chi connectivity index (χ3n) is 4.41. The molecule has 0 aromatic heterocycles. The van der Waals surface area contributed by atoms with E-state index in [1.165, 1.54) is 19.3 Å². The molecule has 1 aliphatic heterocycles. The molecule has 20 heavy (non-hydrogen) atoms. The van der Waals surface area contributed by atoms with Gasteiger partial charge in [0, 0.05) is 19.1 Å². The molecule has 118 valence electrons. The smallest absolute Gasteiger partial charge is 0.251 e. The summed E-state index contributed by atoms with van der Waals surface area (Å²) in [7, 11) is 0. The van der Waals surface area contributed by atoms with E-state index in [-0.39, 0.29) is 30.5 Å². The number of carbonyl (C=O) groups excluding carboxylic acids is 1. The van der Waals surface area contributed by atoms with Crippen LogP contribution in [0, 0.1) is 0 Å². The van der Waals surface area contributed by atoms with Crippen molar-refractivity contribution in [3.8, 4) is 0 Å². The predicted molar refractivity (Wildman–Crippen MR) is 83.1 cm³/mol. The van der Waals surface area contributed by atoms with Crippen LogP contribution in [-0.2, 0) is 9.53 Å². The van der Waals surface area contributed by atoms with Gasteiger partial charge < -0.3 is 15.4 Å². The molecule has 1 saturated carbocycles. The Balaban J connectivity index is 0.00000200. The Morgan fingerprint density at radius 2 is 1.80 bits per heavy atom. The fourth-order valence-electron chi connectivity index (χ4n) is 3.09. The number of hydrogen-bond acceptors (Lipinski definition) is 3. The van der Waals surface area contributed by atoms with Gasteiger partial charge >= 0.3 is 0 Å². The van der Waals surface area contributed by atoms with Crippen LogP contribution < -0.4 is 5.73 Å². The van der Waals surface area contributed by atoms with Crippen LogP contribution in [-0.4, -0.2) is 42.1 Å². The number of hydrogen-bond donors (Lipinski definition) is 1. The van der Waals surface area contributed by atoms with Gasteiger partial charge in [-0.05, 0) is 32.1 Å². The minimum atomic E-state index is -0.238. The zero-order valence-electron chi connectivity index (χ0n) is 12.6. The summed E-state index contributed by atoms with van der Waals surface area (Å²) >= 11 is 0. The van der Waals surface area contributed by atoms with E-state index in [0.717, 1.165) is 45.2 Å². The monoisotopic (exact) mass is 304 g/mol. The Labute approximate surface area is 128 Å². The van der Waals surface area contributed by atoms with E-state index in [4.69, 9.17) is 10.5 Å². The number of ether oxygens (including phenoxy) is 1. The van der Waals surface area contributed by atoms with Crippen LogP contribution in [0.5, 0.6) is 0 Å². The third-order valence-corrected chi connectivity index (χ3v) is 4.41. The first-order valence-electron chi connectivity index (χ1n) is 7.90. The molecule has 2 aliphatic rings. The standard InChI is InChI=1S/C15H28N2O2.ClH/c1-2-14(19-13-6-4-3-5-7-13)15(18)17-10-8-12(16)9-11-17;/h12-14H,2-11,16H2,1H3;1H. The van der Waals surface area contributed by atoms with Gasteiger partial charge in [0.2, 0.25) is 0 Å². The first-order valence-corrected chi connectivity index (χ1v) is 7.90. The highest BCUT2D eigenvalue weighted by molar-refractivity contribution is 5.85. The van der Waals surface area contributed by atoms with Crippen molar-refractivity contribution in [1.82, 2.24) is 4.90 Å². The van der Waals surface area contributed by atoms with E-state index in [2.05, 4.69) is 0 Å². The summed E-state index contributed by atoms with van der Waals surface area (Å²) in [5.41, 5.74) is 5.89. The van der Waals surface area contributed by atoms with Crippen molar-refractivity contribution in [2.45, 2.75) is 76.5 Å². The normalized spacial score (nSPS) is 23.2. The predicted octanol–water partition coefficient (Wildman–Crippen LogP) is 2.49. The van der Waals surface area contributed by atoms with Crippen LogP contribution in [0.3, 0.4) is 0 Å². The van der Waals surface area contributed by atoms with Crippen LogP contribution in [0.2, 0.25) is 0 Å². The molecule has 0 spiro atoms. The average Bonchev–Trinajstić information content (AvgIpc) is 2.46. The molecule has 5 heteroatoms. The molecule has 1 amide bonds. The largest absolute Gasteiger partial charge is 0.365 e. The molecule has 1 saturated heterocycles. The van der Waals surface area contributed by atoms with Crippen LogP contribution in [0.15, 0.2) is 0 Å². The van der Waals surface area contributed by atoms with Crippen molar-refractivity contribution >= 4 is 18.3 Å². The lowest BCUT2D eigenvalue weighted by molar-refractivity contribution is -0.150. The van der Waals surface area contributed by atoms with Gasteiger partial charge in [-0.15, -0.1) is 12.4 Å². The van der Waals surface area contributed by atoms with Gasteiger partial charge in [0.1, 0.15) is 6.10 Å². The fraction of sp³-hybridized carbons (Fsp3) is 0.933. The maximum Gasteiger partial charge on any atom is 0.251 e. The molecule has 2 fully saturated rings. The number of carbonyl (C=O) groups is 1. The summed E-state index contributed by atoms with van der Waals surface area (Å²) in [5.74, 6) is 0.181. The van der Waals surface area contributed by atoms with E-state index < -0.39 is 0 Å². The van der Waals surface area contributed by atoms with Gasteiger partial charge in [0.25, 0.3) is 5.91 Å². The van der Waals surface area contributed by atoms with Gasteiger partial charge in [-0.3, -0.25) is 4.79 Å². The van der Waals surface area contributed by atoms with E-state index in [1.807, 2.05) is 11.8 Å². The molecule has 0 bridgehead atoms. The first kappa shape index (κ1) is 17.7. The Morgan fingerprint density at radius 1 is 1.20 bits per heavy atom. The molecule has 1 atom stereocenters. The molecule has 1 heterocycles. The fourth-order valence-corrected chi connectivity index (χ4v) is 3.09. The number of nitrogens with zero attached hydrogens (tertiary/aromatic N) is 1. The highest BCUT2D eigenvalue weighted by atomic mass is 35.5. The van der Waals surface area contributed by atoms with Crippen LogP contribution >= 0.6 is 12.4 Å². The molecular formula is C15H29ClN2O2. The summed E-state index contributed by atoms with van der Waals surface area (Å²) in [6, 6.07) is 0.267. The Bertz CT molecular complexity index is 288. The quantitative estimate of drug-likeness (QED) is 0.868. The van der Waals surface area contributed by atoms with Gasteiger partial charge in [-0.1, -0.05) is 26.2 Å². The molecule has 1 aliphatic carbocycles. The maximum atomic E-state index is 12.5. The molecule has 0 aromatic rings. The van der Waals surface area contributed by atoms with Gasteiger partial charge in [0.05, 0.1) is 6.10 Å². The Hall–Kier alpha value is -0.320. The van der Waals surface area contributed by atoms with Crippen LogP contribution in [0.25, 0.3) is 0 Å². The zero-order valence-corrected chi connectivity index (χ0v) is 13.4. The van der Waals surface area contributed by atoms with Crippen molar-refractivity contribution in [1.29, 1.82) is 0 Å². The molecule has 2 N–H and O–H groups in total. The van der Waals surface area contributed by atoms with E-state index >= 15 is 0 Å². The summed E-state index contributed by atoms with van der Waals surface area (Å²) in [5, 5.41) is 0. The molecule has 0 radical (unpaired) electrons. The lowest BCUT2D eigenvalue weighted by atomic mass is 9.97. The average molecular weight is 305 g/mol. The highest BCUT2D eigenvalue weighted by Crippen LogP contribution is 2.23. The van der Waals surface area contributed by atoms with Gasteiger partial charge in [-0.2, -0.15) is 0 Å². The summed E-state index contributed by atoms with van der Waals surface area (Å²) in [6.45, 7) is 3.64. The van der Waals surface area contributed by atoms with Crippen molar-refractivity contribution < 1.29 is 9.53 Å². The zero-order chi connectivity index (χ0) is 13.7. The Morgan fingerprint density at radius 3 is 2.35 bits per heavy atom.